The molecule has 2 N–H and O–H groups in total. The lowest BCUT2D eigenvalue weighted by molar-refractivity contribution is -0.139. The van der Waals surface area contributed by atoms with Gasteiger partial charge in [0, 0.05) is 24.7 Å². The maximum absolute atomic E-state index is 12.8. The Morgan fingerprint density at radius 3 is 2.32 bits per heavy atom. The number of carbonyl (C=O) groups excluding carboxylic acids is 1. The molecule has 0 aliphatic heterocycles. The van der Waals surface area contributed by atoms with Gasteiger partial charge >= 0.3 is 12.0 Å². The average molecular weight is 354 g/mol. The van der Waals surface area contributed by atoms with E-state index >= 15 is 0 Å². The lowest BCUT2D eigenvalue weighted by atomic mass is 9.85. The predicted molar refractivity (Wildman–Crippen MR) is 98.6 cm³/mol. The van der Waals surface area contributed by atoms with E-state index in [1.54, 1.807) is 0 Å². The molecule has 0 aromatic heterocycles. The summed E-state index contributed by atoms with van der Waals surface area (Å²) in [7, 11) is 0. The van der Waals surface area contributed by atoms with E-state index in [2.05, 4.69) is 24.1 Å². The second kappa shape index (κ2) is 9.41. The van der Waals surface area contributed by atoms with Gasteiger partial charge in [-0.15, -0.1) is 0 Å². The van der Waals surface area contributed by atoms with Gasteiger partial charge in [0.1, 0.15) is 0 Å². The van der Waals surface area contributed by atoms with Crippen molar-refractivity contribution in [1.29, 1.82) is 0 Å². The number of carbonyl (C=O) groups is 2. The minimum atomic E-state index is -0.782. The number of carboxylic acid groups (broad SMARTS) is 1. The van der Waals surface area contributed by atoms with Crippen LogP contribution >= 0.6 is 0 Å². The summed E-state index contributed by atoms with van der Waals surface area (Å²) < 4.78 is 0. The zero-order chi connectivity index (χ0) is 18.4. The maximum atomic E-state index is 12.8. The standard InChI is InChI=1S/C19H35N3O3/c1-4-21(13-18(23)24)17-11-15(12-17)20-19(25)22(10-9-14(2)3)16-7-5-6-8-16/h14-17H,4-13H2,1-3H3,(H,20,25)(H,23,24). The molecule has 0 saturated heterocycles. The third kappa shape index (κ3) is 5.87. The van der Waals surface area contributed by atoms with Gasteiger partial charge in [0.05, 0.1) is 6.54 Å². The third-order valence-electron chi connectivity index (χ3n) is 5.68. The highest BCUT2D eigenvalue weighted by Crippen LogP contribution is 2.28. The number of urea groups is 1. The second-order valence-corrected chi connectivity index (χ2v) is 8.04. The number of hydrogen-bond donors (Lipinski definition) is 2. The summed E-state index contributed by atoms with van der Waals surface area (Å²) in [6.45, 7) is 8.05. The van der Waals surface area contributed by atoms with Crippen molar-refractivity contribution < 1.29 is 14.7 Å². The molecular weight excluding hydrogens is 318 g/mol. The smallest absolute Gasteiger partial charge is 0.317 e. The minimum absolute atomic E-state index is 0.0808. The Bertz CT molecular complexity index is 443. The van der Waals surface area contributed by atoms with Gasteiger partial charge < -0.3 is 15.3 Å². The first-order valence-corrected chi connectivity index (χ1v) is 9.93. The molecule has 2 fully saturated rings. The molecule has 2 amide bonds. The first-order chi connectivity index (χ1) is 11.9. The summed E-state index contributed by atoms with van der Waals surface area (Å²) in [5.74, 6) is -0.186. The molecule has 0 radical (unpaired) electrons. The highest BCUT2D eigenvalue weighted by molar-refractivity contribution is 5.75. The molecule has 2 aliphatic rings. The van der Waals surface area contributed by atoms with Crippen LogP contribution in [0.4, 0.5) is 4.79 Å². The second-order valence-electron chi connectivity index (χ2n) is 8.04. The lowest BCUT2D eigenvalue weighted by Gasteiger charge is -2.43. The monoisotopic (exact) mass is 353 g/mol. The van der Waals surface area contributed by atoms with E-state index in [1.165, 1.54) is 12.8 Å². The zero-order valence-electron chi connectivity index (χ0n) is 16.0. The molecule has 2 saturated carbocycles. The Labute approximate surface area is 151 Å². The molecule has 25 heavy (non-hydrogen) atoms. The van der Waals surface area contributed by atoms with Crippen LogP contribution in [0.3, 0.4) is 0 Å². The molecule has 0 spiro atoms. The van der Waals surface area contributed by atoms with E-state index in [1.807, 2.05) is 11.8 Å². The van der Waals surface area contributed by atoms with Crippen molar-refractivity contribution in [3.05, 3.63) is 0 Å². The van der Waals surface area contributed by atoms with Crippen molar-refractivity contribution in [2.24, 2.45) is 5.92 Å². The van der Waals surface area contributed by atoms with E-state index in [4.69, 9.17) is 5.11 Å². The van der Waals surface area contributed by atoms with E-state index in [-0.39, 0.29) is 24.7 Å². The van der Waals surface area contributed by atoms with E-state index in [0.29, 0.717) is 12.0 Å². The molecule has 0 heterocycles. The van der Waals surface area contributed by atoms with Gasteiger partial charge in [-0.1, -0.05) is 33.6 Å². The van der Waals surface area contributed by atoms with E-state index in [9.17, 15) is 9.59 Å². The average Bonchev–Trinajstić information content (AvgIpc) is 3.02. The fraction of sp³-hybridized carbons (Fsp3) is 0.895. The van der Waals surface area contributed by atoms with Gasteiger partial charge in [0.2, 0.25) is 0 Å². The number of amides is 2. The Balaban J connectivity index is 1.81. The van der Waals surface area contributed by atoms with Gasteiger partial charge in [-0.3, -0.25) is 9.69 Å². The number of nitrogens with zero attached hydrogens (tertiary/aromatic N) is 2. The van der Waals surface area contributed by atoms with E-state index in [0.717, 1.165) is 45.2 Å². The Morgan fingerprint density at radius 2 is 1.80 bits per heavy atom. The molecule has 0 unspecified atom stereocenters. The molecule has 144 valence electrons. The van der Waals surface area contributed by atoms with Crippen LogP contribution in [-0.4, -0.2) is 64.7 Å². The topological polar surface area (TPSA) is 72.9 Å². The molecule has 2 rings (SSSR count). The molecule has 0 aromatic rings. The molecule has 6 heteroatoms. The van der Waals surface area contributed by atoms with Crippen molar-refractivity contribution in [1.82, 2.24) is 15.1 Å². The van der Waals surface area contributed by atoms with Crippen LogP contribution in [0.5, 0.6) is 0 Å². The Kier molecular flexibility index (Phi) is 7.54. The van der Waals surface area contributed by atoms with Gasteiger partial charge in [0.15, 0.2) is 0 Å². The molecule has 0 aromatic carbocycles. The number of likely N-dealkylation sites (N-methyl/N-ethyl adjacent to an activating group) is 1. The third-order valence-corrected chi connectivity index (χ3v) is 5.68. The minimum Gasteiger partial charge on any atom is -0.480 e. The van der Waals surface area contributed by atoms with Crippen LogP contribution in [0.1, 0.15) is 65.7 Å². The zero-order valence-corrected chi connectivity index (χ0v) is 16.0. The number of rotatable bonds is 9. The quantitative estimate of drug-likeness (QED) is 0.668. The summed E-state index contributed by atoms with van der Waals surface area (Å²) in [6.07, 6.45) is 7.46. The van der Waals surface area contributed by atoms with Crippen molar-refractivity contribution in [2.45, 2.75) is 83.8 Å². The fourth-order valence-corrected chi connectivity index (χ4v) is 4.00. The van der Waals surface area contributed by atoms with Crippen LogP contribution in [0.25, 0.3) is 0 Å². The summed E-state index contributed by atoms with van der Waals surface area (Å²) in [6, 6.07) is 0.941. The van der Waals surface area contributed by atoms with Crippen LogP contribution in [0.15, 0.2) is 0 Å². The van der Waals surface area contributed by atoms with Crippen molar-refractivity contribution in [2.75, 3.05) is 19.6 Å². The van der Waals surface area contributed by atoms with Gasteiger partial charge in [-0.25, -0.2) is 4.79 Å². The number of nitrogens with one attached hydrogen (secondary N) is 1. The fourth-order valence-electron chi connectivity index (χ4n) is 4.00. The summed E-state index contributed by atoms with van der Waals surface area (Å²) in [4.78, 5) is 27.7. The number of aliphatic carboxylic acids is 1. The highest BCUT2D eigenvalue weighted by atomic mass is 16.4. The number of carboxylic acids is 1. The van der Waals surface area contributed by atoms with Crippen LogP contribution in [0, 0.1) is 5.92 Å². The normalized spacial score (nSPS) is 23.7. The lowest BCUT2D eigenvalue weighted by Crippen LogP contribution is -2.57. The summed E-state index contributed by atoms with van der Waals surface area (Å²) in [5, 5.41) is 12.2. The summed E-state index contributed by atoms with van der Waals surface area (Å²) in [5.41, 5.74) is 0. The summed E-state index contributed by atoms with van der Waals surface area (Å²) >= 11 is 0. The number of hydrogen-bond acceptors (Lipinski definition) is 3. The predicted octanol–water partition coefficient (Wildman–Crippen LogP) is 2.92. The van der Waals surface area contributed by atoms with Crippen LogP contribution in [-0.2, 0) is 4.79 Å². The van der Waals surface area contributed by atoms with Crippen LogP contribution < -0.4 is 5.32 Å². The molecule has 0 bridgehead atoms. The molecular formula is C19H35N3O3. The first kappa shape index (κ1) is 20.0. The molecule has 0 atom stereocenters. The van der Waals surface area contributed by atoms with Gasteiger partial charge in [0.25, 0.3) is 0 Å². The Hall–Kier alpha value is -1.30. The Morgan fingerprint density at radius 1 is 1.16 bits per heavy atom. The van der Waals surface area contributed by atoms with Crippen molar-refractivity contribution in [3.63, 3.8) is 0 Å². The van der Waals surface area contributed by atoms with Crippen molar-refractivity contribution >= 4 is 12.0 Å². The van der Waals surface area contributed by atoms with Gasteiger partial charge in [-0.2, -0.15) is 0 Å². The van der Waals surface area contributed by atoms with E-state index < -0.39 is 5.97 Å². The first-order valence-electron chi connectivity index (χ1n) is 9.93. The molecule has 2 aliphatic carbocycles. The largest absolute Gasteiger partial charge is 0.480 e. The molecule has 6 nitrogen and oxygen atoms in total. The van der Waals surface area contributed by atoms with Crippen LogP contribution in [0.2, 0.25) is 0 Å². The highest BCUT2D eigenvalue weighted by Gasteiger charge is 2.36. The van der Waals surface area contributed by atoms with Crippen molar-refractivity contribution in [3.8, 4) is 0 Å². The van der Waals surface area contributed by atoms with Gasteiger partial charge in [-0.05, 0) is 44.6 Å². The SMILES string of the molecule is CCN(CC(=O)O)C1CC(NC(=O)N(CCC(C)C)C2CCCC2)C1. The maximum Gasteiger partial charge on any atom is 0.317 e.